The first-order chi connectivity index (χ1) is 13.5. The Bertz CT molecular complexity index is 1240. The highest BCUT2D eigenvalue weighted by Crippen LogP contribution is 2.22. The van der Waals surface area contributed by atoms with Crippen LogP contribution in [-0.2, 0) is 0 Å². The van der Waals surface area contributed by atoms with Gasteiger partial charge < -0.3 is 11.1 Å². The number of rotatable bonds is 4. The Labute approximate surface area is 165 Å². The second-order valence-electron chi connectivity index (χ2n) is 6.14. The molecule has 0 bridgehead atoms. The summed E-state index contributed by atoms with van der Waals surface area (Å²) in [7, 11) is 0. The lowest BCUT2D eigenvalue weighted by atomic mass is 10.2. The number of fused-ring (bicyclic) bond motifs is 1. The number of anilines is 2. The molecule has 1 heterocycles. The predicted molar refractivity (Wildman–Crippen MR) is 111 cm³/mol. The van der Waals surface area contributed by atoms with Crippen molar-refractivity contribution < 1.29 is 4.79 Å². The number of amides is 1. The minimum atomic E-state index is -0.506. The maximum Gasteiger partial charge on any atom is 0.267 e. The smallest absolute Gasteiger partial charge is 0.267 e. The van der Waals surface area contributed by atoms with Gasteiger partial charge in [0.15, 0.2) is 0 Å². The summed E-state index contributed by atoms with van der Waals surface area (Å²) in [6.45, 7) is 0. The maximum absolute atomic E-state index is 13.2. The summed E-state index contributed by atoms with van der Waals surface area (Å²) in [6, 6.07) is 20.8. The van der Waals surface area contributed by atoms with Gasteiger partial charge in [0.2, 0.25) is 11.9 Å². The molecule has 4 rings (SSSR count). The Morgan fingerprint density at radius 2 is 1.71 bits per heavy atom. The molecule has 3 aromatic carbocycles. The van der Waals surface area contributed by atoms with Gasteiger partial charge >= 0.3 is 0 Å². The lowest BCUT2D eigenvalue weighted by Crippen LogP contribution is -2.22. The molecule has 0 saturated heterocycles. The van der Waals surface area contributed by atoms with E-state index in [9.17, 15) is 9.59 Å². The normalized spacial score (nSPS) is 10.8. The van der Waals surface area contributed by atoms with E-state index in [2.05, 4.69) is 10.3 Å². The summed E-state index contributed by atoms with van der Waals surface area (Å²) in [5.74, 6) is -0.161. The maximum atomic E-state index is 13.2. The number of primary amides is 1. The van der Waals surface area contributed by atoms with Gasteiger partial charge in [-0.25, -0.2) is 9.55 Å². The molecule has 7 heteroatoms. The molecular formula is C21H15ClN4O2. The van der Waals surface area contributed by atoms with Gasteiger partial charge in [-0.05, 0) is 54.6 Å². The van der Waals surface area contributed by atoms with E-state index in [-0.39, 0.29) is 5.56 Å². The molecule has 3 N–H and O–H groups in total. The SMILES string of the molecule is NC(=O)c1ccc(Nc2nc3ccc(Cl)cc3c(=O)n2-c2ccccc2)cc1. The molecule has 28 heavy (non-hydrogen) atoms. The highest BCUT2D eigenvalue weighted by molar-refractivity contribution is 6.31. The van der Waals surface area contributed by atoms with Crippen LogP contribution in [0.15, 0.2) is 77.6 Å². The van der Waals surface area contributed by atoms with Crippen LogP contribution in [0.5, 0.6) is 0 Å². The van der Waals surface area contributed by atoms with Crippen molar-refractivity contribution in [3.05, 3.63) is 93.7 Å². The van der Waals surface area contributed by atoms with Crippen LogP contribution >= 0.6 is 11.6 Å². The van der Waals surface area contributed by atoms with E-state index in [4.69, 9.17) is 17.3 Å². The lowest BCUT2D eigenvalue weighted by Gasteiger charge is -2.15. The first-order valence-electron chi connectivity index (χ1n) is 8.47. The minimum absolute atomic E-state index is 0.241. The molecule has 6 nitrogen and oxygen atoms in total. The average molecular weight is 391 g/mol. The van der Waals surface area contributed by atoms with Gasteiger partial charge in [-0.3, -0.25) is 9.59 Å². The molecule has 0 radical (unpaired) electrons. The number of hydrogen-bond donors (Lipinski definition) is 2. The topological polar surface area (TPSA) is 90.0 Å². The third-order valence-electron chi connectivity index (χ3n) is 4.27. The van der Waals surface area contributed by atoms with Gasteiger partial charge in [0, 0.05) is 16.3 Å². The molecule has 0 fully saturated rings. The fourth-order valence-corrected chi connectivity index (χ4v) is 3.08. The number of nitrogens with one attached hydrogen (secondary N) is 1. The molecule has 0 aliphatic heterocycles. The summed E-state index contributed by atoms with van der Waals surface area (Å²) in [5, 5.41) is 4.04. The fourth-order valence-electron chi connectivity index (χ4n) is 2.91. The summed E-state index contributed by atoms with van der Waals surface area (Å²) in [5.41, 5.74) is 7.29. The molecular weight excluding hydrogens is 376 g/mol. The van der Waals surface area contributed by atoms with Crippen LogP contribution in [0.3, 0.4) is 0 Å². The zero-order valence-electron chi connectivity index (χ0n) is 14.6. The van der Waals surface area contributed by atoms with Crippen LogP contribution in [0.1, 0.15) is 10.4 Å². The molecule has 1 amide bonds. The van der Waals surface area contributed by atoms with Crippen LogP contribution in [0.2, 0.25) is 5.02 Å². The van der Waals surface area contributed by atoms with E-state index >= 15 is 0 Å². The first kappa shape index (κ1) is 17.8. The third kappa shape index (κ3) is 3.33. The van der Waals surface area contributed by atoms with E-state index in [0.29, 0.717) is 38.8 Å². The highest BCUT2D eigenvalue weighted by Gasteiger charge is 2.13. The minimum Gasteiger partial charge on any atom is -0.366 e. The number of nitrogens with zero attached hydrogens (tertiary/aromatic N) is 2. The van der Waals surface area contributed by atoms with Crippen molar-refractivity contribution in [1.82, 2.24) is 9.55 Å². The molecule has 0 unspecified atom stereocenters. The van der Waals surface area contributed by atoms with Crippen LogP contribution in [-0.4, -0.2) is 15.5 Å². The van der Waals surface area contributed by atoms with Crippen molar-refractivity contribution in [3.63, 3.8) is 0 Å². The Balaban J connectivity index is 1.90. The van der Waals surface area contributed by atoms with Crippen molar-refractivity contribution >= 4 is 40.0 Å². The Morgan fingerprint density at radius 3 is 2.39 bits per heavy atom. The quantitative estimate of drug-likeness (QED) is 0.553. The molecule has 0 aliphatic carbocycles. The van der Waals surface area contributed by atoms with Gasteiger partial charge in [0.25, 0.3) is 5.56 Å². The Morgan fingerprint density at radius 1 is 1.00 bits per heavy atom. The van der Waals surface area contributed by atoms with Crippen molar-refractivity contribution in [2.45, 2.75) is 0 Å². The number of aromatic nitrogens is 2. The number of hydrogen-bond acceptors (Lipinski definition) is 4. The number of para-hydroxylation sites is 1. The fraction of sp³-hybridized carbons (Fsp3) is 0. The second kappa shape index (κ2) is 7.17. The van der Waals surface area contributed by atoms with Gasteiger partial charge in [-0.2, -0.15) is 0 Å². The van der Waals surface area contributed by atoms with Crippen molar-refractivity contribution in [3.8, 4) is 5.69 Å². The Hall–Kier alpha value is -3.64. The standard InChI is InChI=1S/C21H15ClN4O2/c22-14-8-11-18-17(12-14)20(28)26(16-4-2-1-3-5-16)21(25-18)24-15-9-6-13(7-10-15)19(23)27/h1-12H,(H2,23,27)(H,24,25). The van der Waals surface area contributed by atoms with Crippen molar-refractivity contribution in [2.24, 2.45) is 5.73 Å². The Kier molecular flexibility index (Phi) is 4.55. The molecule has 0 aliphatic rings. The number of benzene rings is 3. The zero-order valence-corrected chi connectivity index (χ0v) is 15.4. The number of carbonyl (C=O) groups excluding carboxylic acids is 1. The van der Waals surface area contributed by atoms with Gasteiger partial charge in [-0.1, -0.05) is 29.8 Å². The summed E-state index contributed by atoms with van der Waals surface area (Å²) in [4.78, 5) is 29.1. The van der Waals surface area contributed by atoms with Crippen LogP contribution in [0.25, 0.3) is 16.6 Å². The molecule has 0 saturated carbocycles. The first-order valence-corrected chi connectivity index (χ1v) is 8.85. The van der Waals surface area contributed by atoms with E-state index in [0.717, 1.165) is 0 Å². The van der Waals surface area contributed by atoms with E-state index in [1.165, 1.54) is 4.57 Å². The largest absolute Gasteiger partial charge is 0.366 e. The highest BCUT2D eigenvalue weighted by atomic mass is 35.5. The van der Waals surface area contributed by atoms with Crippen molar-refractivity contribution in [2.75, 3.05) is 5.32 Å². The predicted octanol–water partition coefficient (Wildman–Crippen LogP) is 3.88. The van der Waals surface area contributed by atoms with Gasteiger partial charge in [-0.15, -0.1) is 0 Å². The summed E-state index contributed by atoms with van der Waals surface area (Å²) < 4.78 is 1.49. The van der Waals surface area contributed by atoms with Gasteiger partial charge in [0.1, 0.15) is 0 Å². The molecule has 0 atom stereocenters. The monoisotopic (exact) mass is 390 g/mol. The molecule has 0 spiro atoms. The molecule has 138 valence electrons. The summed E-state index contributed by atoms with van der Waals surface area (Å²) >= 11 is 6.07. The second-order valence-corrected chi connectivity index (χ2v) is 6.58. The number of nitrogens with two attached hydrogens (primary N) is 1. The molecule has 1 aromatic heterocycles. The van der Waals surface area contributed by atoms with Crippen molar-refractivity contribution in [1.29, 1.82) is 0 Å². The average Bonchev–Trinajstić information content (AvgIpc) is 2.70. The number of carbonyl (C=O) groups is 1. The van der Waals surface area contributed by atoms with Crippen LogP contribution < -0.4 is 16.6 Å². The van der Waals surface area contributed by atoms with E-state index in [1.807, 2.05) is 30.3 Å². The summed E-state index contributed by atoms with van der Waals surface area (Å²) in [6.07, 6.45) is 0. The van der Waals surface area contributed by atoms with Crippen LogP contribution in [0.4, 0.5) is 11.6 Å². The third-order valence-corrected chi connectivity index (χ3v) is 4.51. The lowest BCUT2D eigenvalue weighted by molar-refractivity contribution is 0.100. The van der Waals surface area contributed by atoms with Crippen LogP contribution in [0, 0.1) is 0 Å². The van der Waals surface area contributed by atoms with Gasteiger partial charge in [0.05, 0.1) is 16.6 Å². The van der Waals surface area contributed by atoms with E-state index < -0.39 is 5.91 Å². The zero-order chi connectivity index (χ0) is 19.7. The molecule has 4 aromatic rings. The number of halogens is 1. The van der Waals surface area contributed by atoms with E-state index in [1.54, 1.807) is 42.5 Å².